The van der Waals surface area contributed by atoms with E-state index < -0.39 is 29.5 Å². The zero-order chi connectivity index (χ0) is 20.9. The van der Waals surface area contributed by atoms with Gasteiger partial charge in [0.2, 0.25) is 5.91 Å². The number of hydrogen-bond donors (Lipinski definition) is 0. The number of likely N-dealkylation sites (tertiary alicyclic amines) is 1. The minimum atomic E-state index is -0.757. The third kappa shape index (κ3) is 3.03. The number of ether oxygens (including phenoxy) is 3. The molecule has 2 bridgehead atoms. The summed E-state index contributed by atoms with van der Waals surface area (Å²) in [6.45, 7) is 0.755. The summed E-state index contributed by atoms with van der Waals surface area (Å²) >= 11 is 0. The minimum Gasteiger partial charge on any atom is -0.469 e. The number of fused-ring (bicyclic) bond motifs is 1. The number of methoxy groups -OCH3 is 1. The van der Waals surface area contributed by atoms with Crippen LogP contribution < -0.4 is 4.74 Å². The Morgan fingerprint density at radius 2 is 2.03 bits per heavy atom. The zero-order valence-electron chi connectivity index (χ0n) is 16.9. The van der Waals surface area contributed by atoms with Gasteiger partial charge in [0, 0.05) is 6.54 Å². The first-order valence-corrected chi connectivity index (χ1v) is 10.6. The normalized spacial score (nSPS) is 32.0. The second-order valence-electron chi connectivity index (χ2n) is 8.67. The largest absolute Gasteiger partial charge is 0.469 e. The topological polar surface area (TPSA) is 82.1 Å². The first-order chi connectivity index (χ1) is 14.5. The van der Waals surface area contributed by atoms with Gasteiger partial charge in [0.05, 0.1) is 31.6 Å². The minimum absolute atomic E-state index is 0.0122. The summed E-state index contributed by atoms with van der Waals surface area (Å²) in [6, 6.07) is 7.29. The van der Waals surface area contributed by atoms with Gasteiger partial charge >= 0.3 is 11.9 Å². The van der Waals surface area contributed by atoms with Crippen molar-refractivity contribution in [3.63, 3.8) is 0 Å². The van der Waals surface area contributed by atoms with Crippen LogP contribution in [0.3, 0.4) is 0 Å². The first kappa shape index (κ1) is 19.3. The molecule has 7 nitrogen and oxygen atoms in total. The van der Waals surface area contributed by atoms with Crippen LogP contribution >= 0.6 is 0 Å². The van der Waals surface area contributed by atoms with Crippen LogP contribution in [0, 0.1) is 17.8 Å². The number of carbonyl (C=O) groups is 3. The Morgan fingerprint density at radius 1 is 1.23 bits per heavy atom. The summed E-state index contributed by atoms with van der Waals surface area (Å²) in [6.07, 6.45) is 7.30. The van der Waals surface area contributed by atoms with Gasteiger partial charge in [-0.2, -0.15) is 0 Å². The maximum atomic E-state index is 13.2. The Balaban J connectivity index is 1.30. The second-order valence-corrected chi connectivity index (χ2v) is 8.67. The molecule has 3 heterocycles. The van der Waals surface area contributed by atoms with Crippen LogP contribution in [0.4, 0.5) is 0 Å². The molecule has 4 aliphatic rings. The average molecular weight is 411 g/mol. The lowest BCUT2D eigenvalue weighted by molar-refractivity contribution is -0.151. The van der Waals surface area contributed by atoms with Crippen molar-refractivity contribution < 1.29 is 28.6 Å². The molecule has 0 aromatic heterocycles. The fourth-order valence-electron chi connectivity index (χ4n) is 5.41. The van der Waals surface area contributed by atoms with Crippen molar-refractivity contribution in [2.45, 2.75) is 43.9 Å². The van der Waals surface area contributed by atoms with Gasteiger partial charge in [0.1, 0.15) is 17.3 Å². The highest BCUT2D eigenvalue weighted by molar-refractivity contribution is 5.91. The Labute approximate surface area is 175 Å². The van der Waals surface area contributed by atoms with Crippen molar-refractivity contribution in [2.24, 2.45) is 17.8 Å². The molecule has 5 rings (SSSR count). The first-order valence-electron chi connectivity index (χ1n) is 10.6. The number of esters is 2. The van der Waals surface area contributed by atoms with Crippen molar-refractivity contribution in [3.8, 4) is 5.75 Å². The Kier molecular flexibility index (Phi) is 4.65. The summed E-state index contributed by atoms with van der Waals surface area (Å²) in [5, 5.41) is 0. The molecule has 3 fully saturated rings. The molecule has 7 heteroatoms. The molecule has 30 heavy (non-hydrogen) atoms. The van der Waals surface area contributed by atoms with Crippen LogP contribution in [0.5, 0.6) is 5.75 Å². The van der Waals surface area contributed by atoms with Gasteiger partial charge < -0.3 is 19.1 Å². The smallest absolute Gasteiger partial charge is 0.314 e. The van der Waals surface area contributed by atoms with Crippen molar-refractivity contribution in [2.75, 3.05) is 13.7 Å². The predicted octanol–water partition coefficient (Wildman–Crippen LogP) is 2.24. The van der Waals surface area contributed by atoms with E-state index in [0.717, 1.165) is 31.2 Å². The number of nitrogens with zero attached hydrogens (tertiary/aromatic N) is 1. The molecule has 1 saturated carbocycles. The molecule has 1 aromatic carbocycles. The van der Waals surface area contributed by atoms with Gasteiger partial charge in [0.25, 0.3) is 0 Å². The van der Waals surface area contributed by atoms with Gasteiger partial charge in [-0.15, -0.1) is 0 Å². The van der Waals surface area contributed by atoms with Crippen LogP contribution in [0.1, 0.15) is 31.2 Å². The SMILES string of the molecule is COC(=O)[C@@H]1[C@H]2C=C[C@@]3(CN(Cc4cccc(OC(=O)C5CCCC5)c4)C(=O)[C@@H]13)O2. The maximum Gasteiger partial charge on any atom is 0.314 e. The summed E-state index contributed by atoms with van der Waals surface area (Å²) in [4.78, 5) is 39.4. The quantitative estimate of drug-likeness (QED) is 0.420. The van der Waals surface area contributed by atoms with E-state index in [1.807, 2.05) is 24.3 Å². The van der Waals surface area contributed by atoms with Crippen LogP contribution in [0.15, 0.2) is 36.4 Å². The van der Waals surface area contributed by atoms with E-state index in [9.17, 15) is 14.4 Å². The number of hydrogen-bond acceptors (Lipinski definition) is 6. The molecular weight excluding hydrogens is 386 g/mol. The molecule has 1 aliphatic carbocycles. The van der Waals surface area contributed by atoms with E-state index in [-0.39, 0.29) is 17.8 Å². The lowest BCUT2D eigenvalue weighted by atomic mass is 9.77. The van der Waals surface area contributed by atoms with Gasteiger partial charge in [-0.05, 0) is 30.5 Å². The fraction of sp³-hybridized carbons (Fsp3) is 0.522. The maximum absolute atomic E-state index is 13.2. The third-order valence-electron chi connectivity index (χ3n) is 6.83. The van der Waals surface area contributed by atoms with E-state index >= 15 is 0 Å². The van der Waals surface area contributed by atoms with Crippen LogP contribution in [-0.2, 0) is 30.4 Å². The highest BCUT2D eigenvalue weighted by Crippen LogP contribution is 2.52. The lowest BCUT2D eigenvalue weighted by Crippen LogP contribution is -2.39. The Hall–Kier alpha value is -2.67. The molecule has 3 aliphatic heterocycles. The average Bonchev–Trinajstić information content (AvgIpc) is 3.50. The summed E-state index contributed by atoms with van der Waals surface area (Å²) < 4.78 is 16.5. The third-order valence-corrected chi connectivity index (χ3v) is 6.83. The zero-order valence-corrected chi connectivity index (χ0v) is 16.9. The summed E-state index contributed by atoms with van der Waals surface area (Å²) in [5.74, 6) is -1.36. The van der Waals surface area contributed by atoms with Crippen LogP contribution in [-0.4, -0.2) is 48.1 Å². The van der Waals surface area contributed by atoms with E-state index in [2.05, 4.69) is 0 Å². The van der Waals surface area contributed by atoms with Crippen molar-refractivity contribution in [1.29, 1.82) is 0 Å². The molecule has 2 saturated heterocycles. The molecule has 1 amide bonds. The predicted molar refractivity (Wildman–Crippen MR) is 105 cm³/mol. The van der Waals surface area contributed by atoms with Gasteiger partial charge in [-0.25, -0.2) is 0 Å². The van der Waals surface area contributed by atoms with Gasteiger partial charge in [-0.3, -0.25) is 14.4 Å². The van der Waals surface area contributed by atoms with Crippen LogP contribution in [0.2, 0.25) is 0 Å². The Bertz CT molecular complexity index is 920. The van der Waals surface area contributed by atoms with Gasteiger partial charge in [-0.1, -0.05) is 37.1 Å². The van der Waals surface area contributed by atoms with Crippen LogP contribution in [0.25, 0.3) is 0 Å². The lowest BCUT2D eigenvalue weighted by Gasteiger charge is -2.22. The standard InChI is InChI=1S/C23H25NO6/c1-28-22(27)18-17-9-10-23(30-17)13-24(20(25)19(18)23)12-14-5-4-8-16(11-14)29-21(26)15-6-2-3-7-15/h4-5,8-11,15,17-19H,2-3,6-7,12-13H2,1H3/t17-,18-,19-,23+/m1/s1. The monoisotopic (exact) mass is 411 g/mol. The molecular formula is C23H25NO6. The highest BCUT2D eigenvalue weighted by atomic mass is 16.5. The van der Waals surface area contributed by atoms with Gasteiger partial charge in [0.15, 0.2) is 0 Å². The molecule has 158 valence electrons. The summed E-state index contributed by atoms with van der Waals surface area (Å²) in [7, 11) is 1.33. The van der Waals surface area contributed by atoms with E-state index in [4.69, 9.17) is 14.2 Å². The molecule has 0 N–H and O–H groups in total. The van der Waals surface area contributed by atoms with Crippen molar-refractivity contribution in [1.82, 2.24) is 4.90 Å². The number of carbonyl (C=O) groups excluding carboxylic acids is 3. The fourth-order valence-corrected chi connectivity index (χ4v) is 5.41. The molecule has 0 unspecified atom stereocenters. The second kappa shape index (κ2) is 7.23. The Morgan fingerprint density at radius 3 is 2.80 bits per heavy atom. The van der Waals surface area contributed by atoms with E-state index in [1.165, 1.54) is 7.11 Å². The van der Waals surface area contributed by atoms with E-state index in [1.54, 1.807) is 17.0 Å². The highest BCUT2D eigenvalue weighted by Gasteiger charge is 2.67. The molecule has 1 spiro atoms. The number of benzene rings is 1. The van der Waals surface area contributed by atoms with E-state index in [0.29, 0.717) is 18.8 Å². The number of amides is 1. The molecule has 0 radical (unpaired) electrons. The summed E-state index contributed by atoms with van der Waals surface area (Å²) in [5.41, 5.74) is 0.109. The molecule has 1 aromatic rings. The van der Waals surface area contributed by atoms with Crippen molar-refractivity contribution in [3.05, 3.63) is 42.0 Å². The molecule has 4 atom stereocenters. The van der Waals surface area contributed by atoms with Crippen molar-refractivity contribution >= 4 is 17.8 Å². The number of rotatable bonds is 5.